The summed E-state index contributed by atoms with van der Waals surface area (Å²) in [6.07, 6.45) is 4.25. The maximum absolute atomic E-state index is 12.0. The molecule has 7 heteroatoms. The number of amides is 1. The van der Waals surface area contributed by atoms with Gasteiger partial charge in [0.2, 0.25) is 15.9 Å². The van der Waals surface area contributed by atoms with Crippen LogP contribution < -0.4 is 4.72 Å². The van der Waals surface area contributed by atoms with Crippen LogP contribution in [0.3, 0.4) is 0 Å². The first-order valence-electron chi connectivity index (χ1n) is 7.80. The van der Waals surface area contributed by atoms with Gasteiger partial charge in [-0.05, 0) is 32.2 Å². The number of nitrogens with zero attached hydrogens (tertiary/aromatic N) is 2. The van der Waals surface area contributed by atoms with E-state index in [0.29, 0.717) is 13.0 Å². The van der Waals surface area contributed by atoms with Gasteiger partial charge in [-0.2, -0.15) is 0 Å². The molecule has 1 N–H and O–H groups in total. The molecule has 1 fully saturated rings. The summed E-state index contributed by atoms with van der Waals surface area (Å²) in [6.45, 7) is 4.11. The first-order chi connectivity index (χ1) is 9.87. The second kappa shape index (κ2) is 8.70. The highest BCUT2D eigenvalue weighted by molar-refractivity contribution is 7.89. The molecule has 0 aromatic carbocycles. The van der Waals surface area contributed by atoms with Gasteiger partial charge in [-0.25, -0.2) is 13.1 Å². The van der Waals surface area contributed by atoms with Crippen molar-refractivity contribution in [3.8, 4) is 0 Å². The van der Waals surface area contributed by atoms with Gasteiger partial charge in [0.05, 0.1) is 11.8 Å². The zero-order valence-electron chi connectivity index (χ0n) is 13.5. The predicted octanol–water partition coefficient (Wildman–Crippen LogP) is 0.649. The minimum Gasteiger partial charge on any atom is -0.347 e. The number of likely N-dealkylation sites (N-methyl/N-ethyl adjacent to an activating group) is 1. The van der Waals surface area contributed by atoms with Crippen molar-refractivity contribution in [1.82, 2.24) is 14.5 Å². The normalized spacial score (nSPS) is 19.9. The van der Waals surface area contributed by atoms with Crippen LogP contribution in [0.25, 0.3) is 0 Å². The maximum atomic E-state index is 12.0. The summed E-state index contributed by atoms with van der Waals surface area (Å²) in [6, 6.07) is -0.0308. The van der Waals surface area contributed by atoms with E-state index in [9.17, 15) is 13.2 Å². The summed E-state index contributed by atoms with van der Waals surface area (Å²) >= 11 is 0. The number of hydrogen-bond acceptors (Lipinski definition) is 4. The van der Waals surface area contributed by atoms with E-state index in [0.717, 1.165) is 38.8 Å². The van der Waals surface area contributed by atoms with Crippen LogP contribution in [-0.2, 0) is 14.8 Å². The third-order valence-corrected chi connectivity index (χ3v) is 5.27. The Bertz CT molecular complexity index is 423. The fraction of sp³-hybridized carbons (Fsp3) is 0.929. The lowest BCUT2D eigenvalue weighted by Gasteiger charge is -2.26. The molecule has 124 valence electrons. The van der Waals surface area contributed by atoms with Crippen LogP contribution in [-0.4, -0.2) is 69.6 Å². The van der Waals surface area contributed by atoms with Crippen molar-refractivity contribution >= 4 is 15.9 Å². The van der Waals surface area contributed by atoms with Crippen LogP contribution in [0.4, 0.5) is 0 Å². The van der Waals surface area contributed by atoms with Crippen molar-refractivity contribution in [2.24, 2.45) is 0 Å². The van der Waals surface area contributed by atoms with E-state index in [1.54, 1.807) is 19.0 Å². The van der Waals surface area contributed by atoms with Gasteiger partial charge in [-0.3, -0.25) is 9.69 Å². The first-order valence-corrected chi connectivity index (χ1v) is 9.45. The highest BCUT2D eigenvalue weighted by atomic mass is 32.2. The Kier molecular flexibility index (Phi) is 7.62. The molecule has 6 nitrogen and oxygen atoms in total. The lowest BCUT2D eigenvalue weighted by Crippen LogP contribution is -2.43. The Balaban J connectivity index is 2.30. The molecule has 1 aliphatic heterocycles. The summed E-state index contributed by atoms with van der Waals surface area (Å²) < 4.78 is 26.0. The van der Waals surface area contributed by atoms with Crippen molar-refractivity contribution < 1.29 is 13.2 Å². The number of likely N-dealkylation sites (tertiary alicyclic amines) is 1. The number of hydrogen-bond donors (Lipinski definition) is 1. The van der Waals surface area contributed by atoms with Crippen LogP contribution in [0.2, 0.25) is 0 Å². The molecule has 0 spiro atoms. The minimum atomic E-state index is -3.13. The van der Waals surface area contributed by atoms with Crippen molar-refractivity contribution in [3.63, 3.8) is 0 Å². The molecule has 0 unspecified atom stereocenters. The Morgan fingerprint density at radius 3 is 2.67 bits per heavy atom. The van der Waals surface area contributed by atoms with E-state index in [1.807, 2.05) is 6.92 Å². The largest absolute Gasteiger partial charge is 0.347 e. The Labute approximate surface area is 128 Å². The van der Waals surface area contributed by atoms with E-state index in [4.69, 9.17) is 0 Å². The molecule has 0 radical (unpaired) electrons. The van der Waals surface area contributed by atoms with Gasteiger partial charge < -0.3 is 4.90 Å². The standard InChI is InChI=1S/C14H29N3O3S/c1-4-5-12-21(19,20)15-9-7-11-17-10-6-8-13(17)14(18)16(2)3/h13,15H,4-12H2,1-3H3/t13-/m1/s1. The molecule has 0 saturated carbocycles. The lowest BCUT2D eigenvalue weighted by atomic mass is 10.2. The van der Waals surface area contributed by atoms with Gasteiger partial charge >= 0.3 is 0 Å². The van der Waals surface area contributed by atoms with Gasteiger partial charge in [0.25, 0.3) is 0 Å². The second-order valence-corrected chi connectivity index (χ2v) is 7.77. The average molecular weight is 319 g/mol. The van der Waals surface area contributed by atoms with Crippen LogP contribution in [0.15, 0.2) is 0 Å². The van der Waals surface area contributed by atoms with Crippen molar-refractivity contribution in [1.29, 1.82) is 0 Å². The zero-order valence-corrected chi connectivity index (χ0v) is 14.3. The Morgan fingerprint density at radius 2 is 2.05 bits per heavy atom. The van der Waals surface area contributed by atoms with Crippen LogP contribution in [0, 0.1) is 0 Å². The van der Waals surface area contributed by atoms with Gasteiger partial charge in [-0.1, -0.05) is 13.3 Å². The van der Waals surface area contributed by atoms with Crippen LogP contribution >= 0.6 is 0 Å². The lowest BCUT2D eigenvalue weighted by molar-refractivity contribution is -0.133. The number of sulfonamides is 1. The van der Waals surface area contributed by atoms with Crippen molar-refractivity contribution in [3.05, 3.63) is 0 Å². The van der Waals surface area contributed by atoms with Crippen molar-refractivity contribution in [2.75, 3.05) is 39.5 Å². The number of unbranched alkanes of at least 4 members (excludes halogenated alkanes) is 1. The summed E-state index contributed by atoms with van der Waals surface area (Å²) in [7, 11) is 0.430. The monoisotopic (exact) mass is 319 g/mol. The van der Waals surface area contributed by atoms with E-state index in [-0.39, 0.29) is 17.7 Å². The van der Waals surface area contributed by atoms with Crippen molar-refractivity contribution in [2.45, 2.75) is 45.1 Å². The molecule has 0 aromatic heterocycles. The molecule has 1 rings (SSSR count). The molecule has 0 bridgehead atoms. The second-order valence-electron chi connectivity index (χ2n) is 5.85. The van der Waals surface area contributed by atoms with E-state index in [2.05, 4.69) is 9.62 Å². The van der Waals surface area contributed by atoms with E-state index < -0.39 is 10.0 Å². The molecular formula is C14H29N3O3S. The molecule has 1 aliphatic rings. The maximum Gasteiger partial charge on any atom is 0.239 e. The van der Waals surface area contributed by atoms with Gasteiger partial charge in [0.15, 0.2) is 0 Å². The summed E-state index contributed by atoms with van der Waals surface area (Å²) in [5.74, 6) is 0.352. The number of carbonyl (C=O) groups is 1. The fourth-order valence-corrected chi connectivity index (χ4v) is 3.86. The molecule has 0 aliphatic carbocycles. The van der Waals surface area contributed by atoms with E-state index in [1.165, 1.54) is 0 Å². The smallest absolute Gasteiger partial charge is 0.239 e. The molecule has 1 amide bonds. The quantitative estimate of drug-likeness (QED) is 0.634. The van der Waals surface area contributed by atoms with Crippen LogP contribution in [0.1, 0.15) is 39.0 Å². The van der Waals surface area contributed by atoms with E-state index >= 15 is 0 Å². The number of carbonyl (C=O) groups excluding carboxylic acids is 1. The van der Waals surface area contributed by atoms with Crippen LogP contribution in [0.5, 0.6) is 0 Å². The third-order valence-electron chi connectivity index (χ3n) is 3.80. The molecule has 1 heterocycles. The van der Waals surface area contributed by atoms with Gasteiger partial charge in [-0.15, -0.1) is 0 Å². The SMILES string of the molecule is CCCCS(=O)(=O)NCCCN1CCC[C@@H]1C(=O)N(C)C. The first kappa shape index (κ1) is 18.4. The number of nitrogens with one attached hydrogen (secondary N) is 1. The Hall–Kier alpha value is -0.660. The fourth-order valence-electron chi connectivity index (χ4n) is 2.59. The highest BCUT2D eigenvalue weighted by Gasteiger charge is 2.31. The van der Waals surface area contributed by atoms with Gasteiger partial charge in [0.1, 0.15) is 0 Å². The molecule has 21 heavy (non-hydrogen) atoms. The summed E-state index contributed by atoms with van der Waals surface area (Å²) in [4.78, 5) is 15.8. The highest BCUT2D eigenvalue weighted by Crippen LogP contribution is 2.18. The average Bonchev–Trinajstić information content (AvgIpc) is 2.88. The number of rotatable bonds is 9. The molecule has 0 aromatic rings. The third kappa shape index (κ3) is 6.32. The summed E-state index contributed by atoms with van der Waals surface area (Å²) in [5, 5.41) is 0. The molecular weight excluding hydrogens is 290 g/mol. The van der Waals surface area contributed by atoms with Gasteiger partial charge in [0, 0.05) is 27.2 Å². The summed E-state index contributed by atoms with van der Waals surface area (Å²) in [5.41, 5.74) is 0. The Morgan fingerprint density at radius 1 is 1.33 bits per heavy atom. The minimum absolute atomic E-state index is 0.0308. The molecule has 1 saturated heterocycles. The predicted molar refractivity (Wildman–Crippen MR) is 84.6 cm³/mol. The topological polar surface area (TPSA) is 69.7 Å². The zero-order chi connectivity index (χ0) is 15.9. The molecule has 1 atom stereocenters.